The van der Waals surface area contributed by atoms with Gasteiger partial charge >= 0.3 is 0 Å². The fourth-order valence-electron chi connectivity index (χ4n) is 2.07. The molecule has 20 heavy (non-hydrogen) atoms. The van der Waals surface area contributed by atoms with Gasteiger partial charge in [0.1, 0.15) is 11.8 Å². The van der Waals surface area contributed by atoms with Crippen LogP contribution in [0.25, 0.3) is 10.9 Å². The molecule has 100 valence electrons. The highest BCUT2D eigenvalue weighted by Crippen LogP contribution is 2.31. The molecule has 0 aliphatic rings. The van der Waals surface area contributed by atoms with Crippen molar-refractivity contribution in [2.75, 3.05) is 4.72 Å². The van der Waals surface area contributed by atoms with E-state index < -0.39 is 0 Å². The molecule has 3 rings (SSSR count). The third kappa shape index (κ3) is 2.12. The molecule has 5 nitrogen and oxygen atoms in total. The Labute approximate surface area is 120 Å². The number of rotatable bonds is 3. The maximum atomic E-state index is 9.13. The topological polar surface area (TPSA) is 77.6 Å². The van der Waals surface area contributed by atoms with Crippen molar-refractivity contribution in [2.24, 2.45) is 0 Å². The van der Waals surface area contributed by atoms with Gasteiger partial charge in [0.15, 0.2) is 0 Å². The SMILES string of the molecule is Cc1cnc(SNc2ccc(C)c3c(C#N)c[nH]c23)o1. The molecule has 0 aliphatic heterocycles. The minimum Gasteiger partial charge on any atom is -0.436 e. The number of nitrogens with zero attached hydrogens (tertiary/aromatic N) is 2. The minimum atomic E-state index is 0.559. The number of aromatic nitrogens is 2. The number of hydrogen-bond donors (Lipinski definition) is 2. The molecular formula is C14H12N4OS. The zero-order valence-electron chi connectivity index (χ0n) is 11.0. The van der Waals surface area contributed by atoms with Crippen molar-refractivity contribution in [1.29, 1.82) is 5.26 Å². The fourth-order valence-corrected chi connectivity index (χ4v) is 2.72. The summed E-state index contributed by atoms with van der Waals surface area (Å²) in [5, 5.41) is 10.6. The van der Waals surface area contributed by atoms with Crippen molar-refractivity contribution in [2.45, 2.75) is 19.1 Å². The van der Waals surface area contributed by atoms with E-state index in [0.29, 0.717) is 10.8 Å². The van der Waals surface area contributed by atoms with Gasteiger partial charge in [-0.3, -0.25) is 0 Å². The normalized spacial score (nSPS) is 10.7. The smallest absolute Gasteiger partial charge is 0.276 e. The third-order valence-electron chi connectivity index (χ3n) is 3.01. The average Bonchev–Trinajstić information content (AvgIpc) is 3.05. The van der Waals surface area contributed by atoms with E-state index in [1.807, 2.05) is 26.0 Å². The summed E-state index contributed by atoms with van der Waals surface area (Å²) in [6.45, 7) is 3.84. The van der Waals surface area contributed by atoms with Gasteiger partial charge in [-0.15, -0.1) is 0 Å². The van der Waals surface area contributed by atoms with Crippen LogP contribution in [0.3, 0.4) is 0 Å². The Morgan fingerprint density at radius 1 is 1.40 bits per heavy atom. The summed E-state index contributed by atoms with van der Waals surface area (Å²) in [6, 6.07) is 6.16. The lowest BCUT2D eigenvalue weighted by Gasteiger charge is -2.06. The molecule has 0 amide bonds. The molecule has 0 saturated carbocycles. The Hall–Kier alpha value is -2.39. The van der Waals surface area contributed by atoms with Crippen molar-refractivity contribution in [3.63, 3.8) is 0 Å². The number of oxazole rings is 1. The first-order valence-electron chi connectivity index (χ1n) is 6.05. The second kappa shape index (κ2) is 4.94. The molecule has 0 radical (unpaired) electrons. The lowest BCUT2D eigenvalue weighted by atomic mass is 10.1. The fraction of sp³-hybridized carbons (Fsp3) is 0.143. The van der Waals surface area contributed by atoms with Gasteiger partial charge in [-0.1, -0.05) is 6.07 Å². The molecule has 0 spiro atoms. The Kier molecular flexibility index (Phi) is 3.12. The quantitative estimate of drug-likeness (QED) is 0.716. The second-order valence-corrected chi connectivity index (χ2v) is 5.19. The monoisotopic (exact) mass is 284 g/mol. The van der Waals surface area contributed by atoms with Gasteiger partial charge in [0.05, 0.1) is 23.0 Å². The van der Waals surface area contributed by atoms with Crippen LogP contribution in [-0.4, -0.2) is 9.97 Å². The van der Waals surface area contributed by atoms with Gasteiger partial charge in [-0.05, 0) is 25.5 Å². The maximum Gasteiger partial charge on any atom is 0.276 e. The summed E-state index contributed by atoms with van der Waals surface area (Å²) in [6.07, 6.45) is 3.40. The van der Waals surface area contributed by atoms with Crippen LogP contribution in [0.1, 0.15) is 16.9 Å². The molecule has 1 aromatic carbocycles. The highest BCUT2D eigenvalue weighted by Gasteiger charge is 2.11. The van der Waals surface area contributed by atoms with Crippen LogP contribution >= 0.6 is 11.9 Å². The van der Waals surface area contributed by atoms with Crippen LogP contribution in [0.2, 0.25) is 0 Å². The highest BCUT2D eigenvalue weighted by atomic mass is 32.2. The predicted octanol–water partition coefficient (Wildman–Crippen LogP) is 3.76. The molecule has 0 fully saturated rings. The molecule has 0 atom stereocenters. The van der Waals surface area contributed by atoms with Crippen molar-refractivity contribution in [1.82, 2.24) is 9.97 Å². The van der Waals surface area contributed by atoms with E-state index >= 15 is 0 Å². The van der Waals surface area contributed by atoms with Gasteiger partial charge in [0, 0.05) is 23.5 Å². The number of aryl methyl sites for hydroxylation is 2. The number of anilines is 1. The highest BCUT2D eigenvalue weighted by molar-refractivity contribution is 8.00. The standard InChI is InChI=1S/C14H12N4OS/c1-8-3-4-11(13-12(8)10(5-15)7-16-13)18-20-14-17-6-9(2)19-14/h3-4,6-7,16,18H,1-2H3. The van der Waals surface area contributed by atoms with Gasteiger partial charge in [-0.2, -0.15) is 5.26 Å². The van der Waals surface area contributed by atoms with Gasteiger partial charge in [-0.25, -0.2) is 4.98 Å². The van der Waals surface area contributed by atoms with E-state index in [1.54, 1.807) is 12.4 Å². The molecular weight excluding hydrogens is 272 g/mol. The molecule has 0 saturated heterocycles. The van der Waals surface area contributed by atoms with Crippen molar-refractivity contribution in [3.05, 3.63) is 41.4 Å². The molecule has 6 heteroatoms. The number of nitriles is 1. The summed E-state index contributed by atoms with van der Waals surface area (Å²) in [4.78, 5) is 7.26. The van der Waals surface area contributed by atoms with Crippen LogP contribution in [0.5, 0.6) is 0 Å². The molecule has 0 aliphatic carbocycles. The average molecular weight is 284 g/mol. The lowest BCUT2D eigenvalue weighted by Crippen LogP contribution is -1.89. The second-order valence-electron chi connectivity index (χ2n) is 4.44. The van der Waals surface area contributed by atoms with Crippen molar-refractivity contribution in [3.8, 4) is 6.07 Å². The molecule has 0 unspecified atom stereocenters. The first-order chi connectivity index (χ1) is 9.69. The largest absolute Gasteiger partial charge is 0.436 e. The first kappa shape index (κ1) is 12.6. The van der Waals surface area contributed by atoms with Gasteiger partial charge in [0.2, 0.25) is 0 Å². The molecule has 2 heterocycles. The minimum absolute atomic E-state index is 0.559. The first-order valence-corrected chi connectivity index (χ1v) is 6.87. The van der Waals surface area contributed by atoms with E-state index in [-0.39, 0.29) is 0 Å². The van der Waals surface area contributed by atoms with Gasteiger partial charge in [0.25, 0.3) is 5.22 Å². The summed E-state index contributed by atoms with van der Waals surface area (Å²) in [5.41, 5.74) is 3.53. The van der Waals surface area contributed by atoms with E-state index in [4.69, 9.17) is 9.68 Å². The van der Waals surface area contributed by atoms with E-state index in [1.165, 1.54) is 11.9 Å². The van der Waals surface area contributed by atoms with E-state index in [0.717, 1.165) is 27.9 Å². The number of aromatic amines is 1. The Bertz CT molecular complexity index is 812. The molecule has 2 N–H and O–H groups in total. The van der Waals surface area contributed by atoms with Crippen LogP contribution in [0.15, 0.2) is 34.2 Å². The number of nitrogens with one attached hydrogen (secondary N) is 2. The van der Waals surface area contributed by atoms with Crippen LogP contribution < -0.4 is 4.72 Å². The molecule has 3 aromatic rings. The van der Waals surface area contributed by atoms with Crippen molar-refractivity contribution < 1.29 is 4.42 Å². The predicted molar refractivity (Wildman–Crippen MR) is 78.5 cm³/mol. The Morgan fingerprint density at radius 2 is 2.25 bits per heavy atom. The Balaban J connectivity index is 1.94. The zero-order chi connectivity index (χ0) is 14.1. The molecule has 2 aromatic heterocycles. The van der Waals surface area contributed by atoms with E-state index in [9.17, 15) is 0 Å². The number of H-pyrrole nitrogens is 1. The maximum absolute atomic E-state index is 9.13. The summed E-state index contributed by atoms with van der Waals surface area (Å²) in [7, 11) is 0. The Morgan fingerprint density at radius 3 is 2.95 bits per heavy atom. The summed E-state index contributed by atoms with van der Waals surface area (Å²) in [5.74, 6) is 0.773. The van der Waals surface area contributed by atoms with Crippen LogP contribution in [0, 0.1) is 25.2 Å². The number of fused-ring (bicyclic) bond motifs is 1. The van der Waals surface area contributed by atoms with Crippen LogP contribution in [0.4, 0.5) is 5.69 Å². The van der Waals surface area contributed by atoms with Crippen LogP contribution in [-0.2, 0) is 0 Å². The summed E-state index contributed by atoms with van der Waals surface area (Å²) < 4.78 is 8.60. The molecule has 0 bridgehead atoms. The van der Waals surface area contributed by atoms with Gasteiger partial charge < -0.3 is 14.1 Å². The lowest BCUT2D eigenvalue weighted by molar-refractivity contribution is 0.432. The van der Waals surface area contributed by atoms with Crippen molar-refractivity contribution >= 4 is 28.5 Å². The number of hydrogen-bond acceptors (Lipinski definition) is 5. The zero-order valence-corrected chi connectivity index (χ0v) is 11.8. The van der Waals surface area contributed by atoms with E-state index in [2.05, 4.69) is 20.8 Å². The third-order valence-corrected chi connectivity index (χ3v) is 3.70. The number of benzene rings is 1. The summed E-state index contributed by atoms with van der Waals surface area (Å²) >= 11 is 1.30.